The smallest absolute Gasteiger partial charge is 0.314 e. The van der Waals surface area contributed by atoms with E-state index < -0.39 is 12.1 Å². The lowest BCUT2D eigenvalue weighted by molar-refractivity contribution is -0.205. The second kappa shape index (κ2) is 5.64. The molecule has 0 aliphatic heterocycles. The fourth-order valence-electron chi connectivity index (χ4n) is 1.43. The van der Waals surface area contributed by atoms with E-state index >= 15 is 0 Å². The molecular formula is C12H10F3N3O2. The maximum Gasteiger partial charge on any atom is 0.493 e. The third-order valence-corrected chi connectivity index (χ3v) is 2.30. The number of hydrogen-bond acceptors (Lipinski definition) is 4. The molecule has 8 heteroatoms. The van der Waals surface area contributed by atoms with Crippen LogP contribution in [-0.4, -0.2) is 22.0 Å². The van der Waals surface area contributed by atoms with Crippen molar-refractivity contribution in [3.05, 3.63) is 54.4 Å². The largest absolute Gasteiger partial charge is 0.493 e. The summed E-state index contributed by atoms with van der Waals surface area (Å²) in [5, 5.41) is 4.47. The Hall–Kier alpha value is -2.51. The van der Waals surface area contributed by atoms with Gasteiger partial charge in [0.25, 0.3) is 0 Å². The number of alkyl halides is 3. The van der Waals surface area contributed by atoms with E-state index in [2.05, 4.69) is 9.94 Å². The Morgan fingerprint density at radius 2 is 1.95 bits per heavy atom. The molecular weight excluding hydrogens is 275 g/mol. The maximum atomic E-state index is 12.3. The van der Waals surface area contributed by atoms with Crippen LogP contribution >= 0.6 is 0 Å². The monoisotopic (exact) mass is 285 g/mol. The zero-order valence-electron chi connectivity index (χ0n) is 10.1. The standard InChI is InChI=1S/C12H10F3N3O2/c13-12(14,15)11(19)20-18(17-8-4-7-16-17)9-10-5-2-1-3-6-10/h1-8H,9H2. The predicted octanol–water partition coefficient (Wildman–Crippen LogP) is 2.04. The van der Waals surface area contributed by atoms with Crippen LogP contribution in [-0.2, 0) is 16.2 Å². The summed E-state index contributed by atoms with van der Waals surface area (Å²) in [5.74, 6) is -2.30. The van der Waals surface area contributed by atoms with Gasteiger partial charge < -0.3 is 4.84 Å². The summed E-state index contributed by atoms with van der Waals surface area (Å²) in [6.07, 6.45) is -2.34. The highest BCUT2D eigenvalue weighted by Gasteiger charge is 2.43. The average Bonchev–Trinajstić information content (AvgIpc) is 2.92. The number of hydroxylamine groups is 1. The lowest BCUT2D eigenvalue weighted by atomic mass is 10.2. The number of rotatable bonds is 4. The molecule has 0 radical (unpaired) electrons. The van der Waals surface area contributed by atoms with E-state index in [1.165, 1.54) is 18.5 Å². The van der Waals surface area contributed by atoms with Crippen molar-refractivity contribution < 1.29 is 22.8 Å². The third kappa shape index (κ3) is 3.50. The summed E-state index contributed by atoms with van der Waals surface area (Å²) >= 11 is 0. The fourth-order valence-corrected chi connectivity index (χ4v) is 1.43. The predicted molar refractivity (Wildman–Crippen MR) is 62.7 cm³/mol. The second-order valence-electron chi connectivity index (χ2n) is 3.80. The minimum Gasteiger partial charge on any atom is -0.314 e. The van der Waals surface area contributed by atoms with Gasteiger partial charge in [-0.2, -0.15) is 23.1 Å². The van der Waals surface area contributed by atoms with Crippen molar-refractivity contribution in [1.29, 1.82) is 0 Å². The van der Waals surface area contributed by atoms with Crippen LogP contribution in [0.25, 0.3) is 0 Å². The van der Waals surface area contributed by atoms with Crippen molar-refractivity contribution in [2.24, 2.45) is 0 Å². The first-order valence-electron chi connectivity index (χ1n) is 5.57. The van der Waals surface area contributed by atoms with Crippen molar-refractivity contribution in [2.45, 2.75) is 12.7 Å². The van der Waals surface area contributed by atoms with Gasteiger partial charge in [0.15, 0.2) is 0 Å². The summed E-state index contributed by atoms with van der Waals surface area (Å²) in [5.41, 5.74) is 0.665. The zero-order chi connectivity index (χ0) is 14.6. The van der Waals surface area contributed by atoms with Gasteiger partial charge in [-0.05, 0) is 11.6 Å². The van der Waals surface area contributed by atoms with E-state index in [9.17, 15) is 18.0 Å². The molecule has 0 aliphatic rings. The van der Waals surface area contributed by atoms with Gasteiger partial charge in [-0.1, -0.05) is 30.3 Å². The average molecular weight is 285 g/mol. The fraction of sp³-hybridized carbons (Fsp3) is 0.167. The van der Waals surface area contributed by atoms with Crippen LogP contribution < -0.4 is 5.17 Å². The minimum absolute atomic E-state index is 0.0651. The Bertz CT molecular complexity index is 555. The number of hydrogen-bond donors (Lipinski definition) is 0. The number of aromatic nitrogens is 2. The van der Waals surface area contributed by atoms with Crippen LogP contribution in [0.15, 0.2) is 48.8 Å². The normalized spacial score (nSPS) is 11.2. The number of halogens is 3. The molecule has 0 atom stereocenters. The Labute approximate surface area is 112 Å². The van der Waals surface area contributed by atoms with Gasteiger partial charge in [-0.15, -0.1) is 5.17 Å². The molecule has 0 fully saturated rings. The Morgan fingerprint density at radius 3 is 2.50 bits per heavy atom. The Balaban J connectivity index is 2.16. The molecule has 1 aromatic carbocycles. The van der Waals surface area contributed by atoms with Crippen LogP contribution in [0.1, 0.15) is 5.56 Å². The molecule has 5 nitrogen and oxygen atoms in total. The summed E-state index contributed by atoms with van der Waals surface area (Å²) in [6, 6.07) is 10.1. The van der Waals surface area contributed by atoms with Crippen LogP contribution in [0, 0.1) is 0 Å². The molecule has 2 aromatic rings. The van der Waals surface area contributed by atoms with Gasteiger partial charge in [0.1, 0.15) is 6.54 Å². The van der Waals surface area contributed by atoms with Crippen molar-refractivity contribution >= 4 is 5.97 Å². The van der Waals surface area contributed by atoms with E-state index in [4.69, 9.17) is 0 Å². The molecule has 0 saturated carbocycles. The summed E-state index contributed by atoms with van der Waals surface area (Å²) < 4.78 is 36.8. The third-order valence-electron chi connectivity index (χ3n) is 2.30. The summed E-state index contributed by atoms with van der Waals surface area (Å²) in [6.45, 7) is -0.0651. The molecule has 0 N–H and O–H groups in total. The lowest BCUT2D eigenvalue weighted by Crippen LogP contribution is -2.41. The highest BCUT2D eigenvalue weighted by Crippen LogP contribution is 2.17. The van der Waals surface area contributed by atoms with Crippen LogP contribution in [0.2, 0.25) is 0 Å². The summed E-state index contributed by atoms with van der Waals surface area (Å²) in [4.78, 5) is 16.3. The van der Waals surface area contributed by atoms with Crippen LogP contribution in [0.5, 0.6) is 0 Å². The molecule has 0 aliphatic carbocycles. The first kappa shape index (κ1) is 13.9. The second-order valence-corrected chi connectivity index (χ2v) is 3.80. The topological polar surface area (TPSA) is 47.4 Å². The molecule has 1 heterocycles. The SMILES string of the molecule is O=C(ON(Cc1ccccc1)n1cccn1)C(F)(F)F. The van der Waals surface area contributed by atoms with Gasteiger partial charge in [-0.25, -0.2) is 4.79 Å². The number of benzene rings is 1. The summed E-state index contributed by atoms with van der Waals surface area (Å²) in [7, 11) is 0. The van der Waals surface area contributed by atoms with E-state index in [0.29, 0.717) is 5.56 Å². The molecule has 2 rings (SSSR count). The van der Waals surface area contributed by atoms with Crippen LogP contribution in [0.4, 0.5) is 13.2 Å². The highest BCUT2D eigenvalue weighted by molar-refractivity contribution is 5.75. The van der Waals surface area contributed by atoms with Gasteiger partial charge in [0.2, 0.25) is 0 Å². The number of carbonyl (C=O) groups is 1. The molecule has 0 bridgehead atoms. The molecule has 20 heavy (non-hydrogen) atoms. The van der Waals surface area contributed by atoms with E-state index in [-0.39, 0.29) is 6.54 Å². The Kier molecular flexibility index (Phi) is 3.92. The van der Waals surface area contributed by atoms with E-state index in [0.717, 1.165) is 9.96 Å². The highest BCUT2D eigenvalue weighted by atomic mass is 19.4. The number of nitrogens with zero attached hydrogens (tertiary/aromatic N) is 3. The van der Waals surface area contributed by atoms with Gasteiger partial charge in [0, 0.05) is 0 Å². The first-order valence-corrected chi connectivity index (χ1v) is 5.57. The van der Waals surface area contributed by atoms with Crippen LogP contribution in [0.3, 0.4) is 0 Å². The van der Waals surface area contributed by atoms with Crippen molar-refractivity contribution in [1.82, 2.24) is 9.89 Å². The Morgan fingerprint density at radius 1 is 1.25 bits per heavy atom. The van der Waals surface area contributed by atoms with Gasteiger partial charge >= 0.3 is 12.1 Å². The number of carbonyl (C=O) groups excluding carboxylic acids is 1. The molecule has 1 aromatic heterocycles. The van der Waals surface area contributed by atoms with Gasteiger partial charge in [0.05, 0.1) is 12.4 Å². The quantitative estimate of drug-likeness (QED) is 0.807. The molecule has 0 unspecified atom stereocenters. The molecule has 106 valence electrons. The van der Waals surface area contributed by atoms with E-state index in [1.807, 2.05) is 0 Å². The molecule has 0 amide bonds. The van der Waals surface area contributed by atoms with Crippen molar-refractivity contribution in [2.75, 3.05) is 5.17 Å². The maximum absolute atomic E-state index is 12.3. The van der Waals surface area contributed by atoms with E-state index in [1.54, 1.807) is 30.3 Å². The lowest BCUT2D eigenvalue weighted by Gasteiger charge is -2.22. The first-order chi connectivity index (χ1) is 9.47. The zero-order valence-corrected chi connectivity index (χ0v) is 10.1. The van der Waals surface area contributed by atoms with Crippen molar-refractivity contribution in [3.8, 4) is 0 Å². The minimum atomic E-state index is -5.07. The van der Waals surface area contributed by atoms with Crippen molar-refractivity contribution in [3.63, 3.8) is 0 Å². The molecule has 0 saturated heterocycles. The van der Waals surface area contributed by atoms with Gasteiger partial charge in [-0.3, -0.25) is 0 Å². The molecule has 0 spiro atoms.